The number of amides is 1. The molecule has 1 amide bonds. The number of nitrogens with zero attached hydrogens (tertiary/aromatic N) is 1. The van der Waals surface area contributed by atoms with Gasteiger partial charge in [0.1, 0.15) is 0 Å². The molecule has 0 saturated carbocycles. The summed E-state index contributed by atoms with van der Waals surface area (Å²) >= 11 is 0. The van der Waals surface area contributed by atoms with Crippen molar-refractivity contribution >= 4 is 17.3 Å². The monoisotopic (exact) mass is 314 g/mol. The molecule has 1 aliphatic rings. The molecule has 0 aromatic heterocycles. The standard InChI is InChI=1S/C20H30N2O/c1-7-8-9-11-22-12-10-16-14(2)13-15(3)17(18(16)22)21-19(23)20(4,5)6/h8-9,13H,7,10-12H2,1-6H3,(H,21,23)/b9-8+. The van der Waals surface area contributed by atoms with Gasteiger partial charge < -0.3 is 10.2 Å². The van der Waals surface area contributed by atoms with Gasteiger partial charge >= 0.3 is 0 Å². The number of allylic oxidation sites excluding steroid dienone is 1. The van der Waals surface area contributed by atoms with Crippen LogP contribution < -0.4 is 10.2 Å². The predicted octanol–water partition coefficient (Wildman–Crippen LogP) is 4.62. The molecule has 3 nitrogen and oxygen atoms in total. The molecule has 0 bridgehead atoms. The Kier molecular flexibility index (Phi) is 5.18. The molecule has 0 fully saturated rings. The van der Waals surface area contributed by atoms with Gasteiger partial charge in [-0.2, -0.15) is 0 Å². The predicted molar refractivity (Wildman–Crippen MR) is 99.3 cm³/mol. The van der Waals surface area contributed by atoms with Crippen molar-refractivity contribution in [3.05, 3.63) is 34.9 Å². The van der Waals surface area contributed by atoms with Crippen molar-refractivity contribution in [2.45, 2.75) is 54.4 Å². The largest absolute Gasteiger partial charge is 0.366 e. The van der Waals surface area contributed by atoms with Crippen LogP contribution in [0.1, 0.15) is 50.8 Å². The Hall–Kier alpha value is -1.77. The van der Waals surface area contributed by atoms with Crippen LogP contribution in [-0.2, 0) is 11.2 Å². The highest BCUT2D eigenvalue weighted by Crippen LogP contribution is 2.40. The molecule has 2 rings (SSSR count). The lowest BCUT2D eigenvalue weighted by molar-refractivity contribution is -0.123. The maximum Gasteiger partial charge on any atom is 0.229 e. The molecule has 0 atom stereocenters. The van der Waals surface area contributed by atoms with Crippen molar-refractivity contribution in [3.8, 4) is 0 Å². The van der Waals surface area contributed by atoms with Gasteiger partial charge in [0, 0.05) is 18.5 Å². The van der Waals surface area contributed by atoms with Crippen LogP contribution in [0, 0.1) is 19.3 Å². The number of fused-ring (bicyclic) bond motifs is 1. The molecule has 0 saturated heterocycles. The van der Waals surface area contributed by atoms with Crippen LogP contribution in [0.2, 0.25) is 0 Å². The van der Waals surface area contributed by atoms with E-state index in [9.17, 15) is 4.79 Å². The van der Waals surface area contributed by atoms with Gasteiger partial charge in [0.15, 0.2) is 0 Å². The fraction of sp³-hybridized carbons (Fsp3) is 0.550. The molecule has 0 unspecified atom stereocenters. The molecule has 0 aliphatic carbocycles. The second-order valence-electron chi connectivity index (χ2n) is 7.49. The van der Waals surface area contributed by atoms with Crippen molar-refractivity contribution in [2.24, 2.45) is 5.41 Å². The number of nitrogens with one attached hydrogen (secondary N) is 1. The summed E-state index contributed by atoms with van der Waals surface area (Å²) in [6, 6.07) is 2.20. The molecule has 1 heterocycles. The van der Waals surface area contributed by atoms with Crippen molar-refractivity contribution in [2.75, 3.05) is 23.3 Å². The SMILES string of the molecule is CC/C=C/CN1CCc2c(C)cc(C)c(NC(=O)C(C)(C)C)c21. The van der Waals surface area contributed by atoms with Crippen LogP contribution in [0.25, 0.3) is 0 Å². The third-order valence-electron chi connectivity index (χ3n) is 4.42. The van der Waals surface area contributed by atoms with E-state index < -0.39 is 5.41 Å². The number of carbonyl (C=O) groups is 1. The lowest BCUT2D eigenvalue weighted by atomic mass is 9.94. The lowest BCUT2D eigenvalue weighted by Crippen LogP contribution is -2.29. The van der Waals surface area contributed by atoms with Gasteiger partial charge in [-0.25, -0.2) is 0 Å². The van der Waals surface area contributed by atoms with Crippen LogP contribution in [0.3, 0.4) is 0 Å². The molecule has 1 N–H and O–H groups in total. The summed E-state index contributed by atoms with van der Waals surface area (Å²) in [7, 11) is 0. The Morgan fingerprint density at radius 3 is 2.57 bits per heavy atom. The zero-order valence-corrected chi connectivity index (χ0v) is 15.4. The number of aryl methyl sites for hydroxylation is 2. The summed E-state index contributed by atoms with van der Waals surface area (Å²) < 4.78 is 0. The molecule has 0 spiro atoms. The van der Waals surface area contributed by atoms with Crippen LogP contribution in [0.5, 0.6) is 0 Å². The van der Waals surface area contributed by atoms with E-state index in [1.54, 1.807) is 0 Å². The van der Waals surface area contributed by atoms with Crippen molar-refractivity contribution in [3.63, 3.8) is 0 Å². The first-order chi connectivity index (χ1) is 10.8. The molecule has 1 aromatic carbocycles. The smallest absolute Gasteiger partial charge is 0.229 e. The molecular formula is C20H30N2O. The van der Waals surface area contributed by atoms with Gasteiger partial charge in [-0.05, 0) is 43.4 Å². The van der Waals surface area contributed by atoms with E-state index >= 15 is 0 Å². The van der Waals surface area contributed by atoms with Crippen LogP contribution in [0.4, 0.5) is 11.4 Å². The fourth-order valence-corrected chi connectivity index (χ4v) is 3.04. The van der Waals surface area contributed by atoms with Gasteiger partial charge in [-0.15, -0.1) is 0 Å². The highest BCUT2D eigenvalue weighted by Gasteiger charge is 2.28. The minimum atomic E-state index is -0.393. The molecule has 1 aromatic rings. The van der Waals surface area contributed by atoms with E-state index in [1.807, 2.05) is 20.8 Å². The number of hydrogen-bond donors (Lipinski definition) is 1. The van der Waals surface area contributed by atoms with Crippen molar-refractivity contribution < 1.29 is 4.79 Å². The molecule has 23 heavy (non-hydrogen) atoms. The average molecular weight is 314 g/mol. The van der Waals surface area contributed by atoms with Gasteiger partial charge in [0.2, 0.25) is 5.91 Å². The summed E-state index contributed by atoms with van der Waals surface area (Å²) in [6.45, 7) is 14.2. The molecule has 0 radical (unpaired) electrons. The maximum atomic E-state index is 12.5. The molecule has 126 valence electrons. The number of anilines is 2. The lowest BCUT2D eigenvalue weighted by Gasteiger charge is -2.25. The number of benzene rings is 1. The number of carbonyl (C=O) groups excluding carboxylic acids is 1. The van der Waals surface area contributed by atoms with Gasteiger partial charge in [0.25, 0.3) is 0 Å². The second-order valence-corrected chi connectivity index (χ2v) is 7.49. The quantitative estimate of drug-likeness (QED) is 0.823. The Balaban J connectivity index is 2.41. The number of hydrogen-bond acceptors (Lipinski definition) is 2. The Morgan fingerprint density at radius 2 is 1.96 bits per heavy atom. The Labute approximate surface area is 140 Å². The molecule has 3 heteroatoms. The summed E-state index contributed by atoms with van der Waals surface area (Å²) in [4.78, 5) is 14.9. The normalized spacial score (nSPS) is 14.4. The van der Waals surface area contributed by atoms with E-state index in [2.05, 4.69) is 49.2 Å². The fourth-order valence-electron chi connectivity index (χ4n) is 3.04. The number of rotatable bonds is 4. The third-order valence-corrected chi connectivity index (χ3v) is 4.42. The summed E-state index contributed by atoms with van der Waals surface area (Å²) in [5.41, 5.74) is 5.67. The Bertz CT molecular complexity index is 624. The minimum absolute atomic E-state index is 0.0719. The first-order valence-electron chi connectivity index (χ1n) is 8.60. The summed E-state index contributed by atoms with van der Waals surface area (Å²) in [6.07, 6.45) is 6.54. The van der Waals surface area contributed by atoms with Crippen molar-refractivity contribution in [1.82, 2.24) is 0 Å². The van der Waals surface area contributed by atoms with Crippen LogP contribution in [-0.4, -0.2) is 19.0 Å². The highest BCUT2D eigenvalue weighted by molar-refractivity contribution is 5.99. The van der Waals surface area contributed by atoms with E-state index in [0.29, 0.717) is 0 Å². The first kappa shape index (κ1) is 17.6. The highest BCUT2D eigenvalue weighted by atomic mass is 16.2. The minimum Gasteiger partial charge on any atom is -0.366 e. The zero-order chi connectivity index (χ0) is 17.2. The van der Waals surface area contributed by atoms with E-state index in [0.717, 1.165) is 37.2 Å². The van der Waals surface area contributed by atoms with E-state index in [1.165, 1.54) is 16.8 Å². The maximum absolute atomic E-state index is 12.5. The topological polar surface area (TPSA) is 32.3 Å². The van der Waals surface area contributed by atoms with Crippen LogP contribution >= 0.6 is 0 Å². The first-order valence-corrected chi connectivity index (χ1v) is 8.60. The van der Waals surface area contributed by atoms with Gasteiger partial charge in [-0.3, -0.25) is 4.79 Å². The van der Waals surface area contributed by atoms with Gasteiger partial charge in [0.05, 0.1) is 11.4 Å². The third kappa shape index (κ3) is 3.77. The molecule has 1 aliphatic heterocycles. The zero-order valence-electron chi connectivity index (χ0n) is 15.4. The average Bonchev–Trinajstić information content (AvgIpc) is 2.87. The van der Waals surface area contributed by atoms with E-state index in [4.69, 9.17) is 0 Å². The summed E-state index contributed by atoms with van der Waals surface area (Å²) in [5, 5.41) is 3.19. The second kappa shape index (κ2) is 6.77. The van der Waals surface area contributed by atoms with E-state index in [-0.39, 0.29) is 5.91 Å². The molecular weight excluding hydrogens is 284 g/mol. The van der Waals surface area contributed by atoms with Gasteiger partial charge in [-0.1, -0.05) is 45.9 Å². The Morgan fingerprint density at radius 1 is 1.26 bits per heavy atom. The van der Waals surface area contributed by atoms with Crippen LogP contribution in [0.15, 0.2) is 18.2 Å². The summed E-state index contributed by atoms with van der Waals surface area (Å²) in [5.74, 6) is 0.0719. The van der Waals surface area contributed by atoms with Crippen molar-refractivity contribution in [1.29, 1.82) is 0 Å².